The van der Waals surface area contributed by atoms with Crippen molar-refractivity contribution in [2.45, 2.75) is 44.7 Å². The minimum Gasteiger partial charge on any atom is -0.633 e. The molecule has 0 saturated heterocycles. The summed E-state index contributed by atoms with van der Waals surface area (Å²) in [7, 11) is 3.46. The van der Waals surface area contributed by atoms with Gasteiger partial charge in [-0.25, -0.2) is 19.9 Å². The Hall–Kier alpha value is -2.84. The van der Waals surface area contributed by atoms with E-state index in [1.54, 1.807) is 20.3 Å². The standard InChI is InChI=1S/C21H27N7O/c1-14-5-4-6-16(11-14)25-20-19-18(23-13-24-20)12-22-21(27-19)26-15-7-9-17(10-8-15)28(2,3)29/h4-6,11-13,15,17H,7-10H2,1-3H3,(H,22,26,27)(H,23,24,25). The molecule has 1 aliphatic carbocycles. The van der Waals surface area contributed by atoms with Crippen molar-refractivity contribution in [3.05, 3.63) is 47.6 Å². The molecule has 1 saturated carbocycles. The summed E-state index contributed by atoms with van der Waals surface area (Å²) < 4.78 is -0.218. The van der Waals surface area contributed by atoms with E-state index in [4.69, 9.17) is 0 Å². The fraction of sp³-hybridized carbons (Fsp3) is 0.429. The van der Waals surface area contributed by atoms with Crippen LogP contribution < -0.4 is 10.6 Å². The summed E-state index contributed by atoms with van der Waals surface area (Å²) in [5, 5.41) is 18.9. The number of aryl methyl sites for hydroxylation is 1. The van der Waals surface area contributed by atoms with Crippen molar-refractivity contribution in [1.82, 2.24) is 19.9 Å². The highest BCUT2D eigenvalue weighted by atomic mass is 16.5. The molecular weight excluding hydrogens is 366 g/mol. The Bertz CT molecular complexity index is 994. The van der Waals surface area contributed by atoms with Gasteiger partial charge in [0.25, 0.3) is 0 Å². The van der Waals surface area contributed by atoms with Gasteiger partial charge in [-0.3, -0.25) is 0 Å². The molecule has 1 aromatic carbocycles. The molecule has 0 bridgehead atoms. The third-order valence-electron chi connectivity index (χ3n) is 5.57. The van der Waals surface area contributed by atoms with E-state index < -0.39 is 0 Å². The van der Waals surface area contributed by atoms with Gasteiger partial charge in [0.2, 0.25) is 5.95 Å². The van der Waals surface area contributed by atoms with Crippen LogP contribution in [-0.2, 0) is 0 Å². The number of quaternary nitrogens is 1. The zero-order valence-electron chi connectivity index (χ0n) is 17.1. The zero-order valence-corrected chi connectivity index (χ0v) is 17.1. The first-order valence-electron chi connectivity index (χ1n) is 10.0. The minimum atomic E-state index is -0.218. The number of anilines is 3. The molecule has 3 aromatic rings. The molecule has 152 valence electrons. The largest absolute Gasteiger partial charge is 0.633 e. The van der Waals surface area contributed by atoms with Crippen LogP contribution in [0.15, 0.2) is 36.8 Å². The quantitative estimate of drug-likeness (QED) is 0.503. The van der Waals surface area contributed by atoms with Crippen molar-refractivity contribution >= 4 is 28.5 Å². The molecule has 29 heavy (non-hydrogen) atoms. The lowest BCUT2D eigenvalue weighted by atomic mass is 9.90. The van der Waals surface area contributed by atoms with Crippen LogP contribution >= 0.6 is 0 Å². The number of nitrogens with zero attached hydrogens (tertiary/aromatic N) is 5. The SMILES string of the molecule is Cc1cccc(Nc2ncnc3cnc(NC4CCC([N+](C)(C)[O-])CC4)nc23)c1. The lowest BCUT2D eigenvalue weighted by Crippen LogP contribution is -2.46. The van der Waals surface area contributed by atoms with E-state index in [-0.39, 0.29) is 16.7 Å². The van der Waals surface area contributed by atoms with Gasteiger partial charge in [-0.15, -0.1) is 0 Å². The fourth-order valence-electron chi connectivity index (χ4n) is 3.90. The second-order valence-electron chi connectivity index (χ2n) is 8.23. The summed E-state index contributed by atoms with van der Waals surface area (Å²) in [5.41, 5.74) is 3.49. The summed E-state index contributed by atoms with van der Waals surface area (Å²) in [6.07, 6.45) is 6.93. The lowest BCUT2D eigenvalue weighted by molar-refractivity contribution is -0.868. The molecule has 2 aromatic heterocycles. The smallest absolute Gasteiger partial charge is 0.223 e. The van der Waals surface area contributed by atoms with Crippen LogP contribution in [0, 0.1) is 12.1 Å². The van der Waals surface area contributed by atoms with Gasteiger partial charge < -0.3 is 20.5 Å². The molecule has 1 aliphatic rings. The van der Waals surface area contributed by atoms with Crippen molar-refractivity contribution in [2.24, 2.45) is 0 Å². The molecule has 2 N–H and O–H groups in total. The average Bonchev–Trinajstić information content (AvgIpc) is 2.68. The number of hydrogen-bond acceptors (Lipinski definition) is 7. The molecule has 0 aliphatic heterocycles. The number of hydrogen-bond donors (Lipinski definition) is 2. The van der Waals surface area contributed by atoms with Crippen molar-refractivity contribution < 1.29 is 4.65 Å². The Balaban J connectivity index is 1.51. The van der Waals surface area contributed by atoms with Crippen LogP contribution in [0.25, 0.3) is 11.0 Å². The lowest BCUT2D eigenvalue weighted by Gasteiger charge is -2.45. The fourth-order valence-corrected chi connectivity index (χ4v) is 3.90. The van der Waals surface area contributed by atoms with Gasteiger partial charge in [0.15, 0.2) is 5.82 Å². The molecule has 8 nitrogen and oxygen atoms in total. The predicted molar refractivity (Wildman–Crippen MR) is 115 cm³/mol. The van der Waals surface area contributed by atoms with Gasteiger partial charge >= 0.3 is 0 Å². The third kappa shape index (κ3) is 4.60. The van der Waals surface area contributed by atoms with E-state index in [0.717, 1.165) is 31.4 Å². The van der Waals surface area contributed by atoms with Gasteiger partial charge in [-0.1, -0.05) is 12.1 Å². The van der Waals surface area contributed by atoms with Crippen molar-refractivity contribution in [1.29, 1.82) is 0 Å². The monoisotopic (exact) mass is 393 g/mol. The Morgan fingerprint density at radius 3 is 2.59 bits per heavy atom. The first-order chi connectivity index (χ1) is 13.9. The minimum absolute atomic E-state index is 0.170. The predicted octanol–water partition coefficient (Wildman–Crippen LogP) is 3.77. The summed E-state index contributed by atoms with van der Waals surface area (Å²) >= 11 is 0. The van der Waals surface area contributed by atoms with Crippen LogP contribution in [0.4, 0.5) is 17.5 Å². The van der Waals surface area contributed by atoms with Crippen LogP contribution in [0.2, 0.25) is 0 Å². The van der Waals surface area contributed by atoms with E-state index in [1.165, 1.54) is 11.9 Å². The first kappa shape index (κ1) is 19.5. The molecule has 0 amide bonds. The molecule has 8 heteroatoms. The second-order valence-corrected chi connectivity index (χ2v) is 8.23. The molecular formula is C21H27N7O. The average molecular weight is 393 g/mol. The molecule has 1 fully saturated rings. The van der Waals surface area contributed by atoms with E-state index in [9.17, 15) is 5.21 Å². The third-order valence-corrected chi connectivity index (χ3v) is 5.57. The summed E-state index contributed by atoms with van der Waals surface area (Å²) in [6, 6.07) is 8.55. The van der Waals surface area contributed by atoms with Gasteiger partial charge in [0, 0.05) is 24.6 Å². The maximum absolute atomic E-state index is 12.2. The molecule has 2 heterocycles. The summed E-state index contributed by atoms with van der Waals surface area (Å²) in [6.45, 7) is 2.05. The van der Waals surface area contributed by atoms with E-state index >= 15 is 0 Å². The highest BCUT2D eigenvalue weighted by molar-refractivity contribution is 5.87. The molecule has 4 rings (SSSR count). The number of hydroxylamine groups is 3. The number of benzene rings is 1. The van der Waals surface area contributed by atoms with Crippen LogP contribution in [-0.4, -0.2) is 50.8 Å². The normalized spacial score (nSPS) is 19.9. The van der Waals surface area contributed by atoms with E-state index in [2.05, 4.69) is 49.6 Å². The highest BCUT2D eigenvalue weighted by Crippen LogP contribution is 2.27. The number of nitrogens with one attached hydrogen (secondary N) is 2. The molecule has 0 spiro atoms. The van der Waals surface area contributed by atoms with Crippen molar-refractivity contribution in [3.63, 3.8) is 0 Å². The highest BCUT2D eigenvalue weighted by Gasteiger charge is 2.28. The summed E-state index contributed by atoms with van der Waals surface area (Å²) in [5.74, 6) is 1.22. The number of aromatic nitrogens is 4. The second kappa shape index (κ2) is 7.88. The zero-order chi connectivity index (χ0) is 20.4. The number of rotatable bonds is 5. The van der Waals surface area contributed by atoms with E-state index in [1.807, 2.05) is 12.1 Å². The van der Waals surface area contributed by atoms with Crippen LogP contribution in [0.3, 0.4) is 0 Å². The van der Waals surface area contributed by atoms with Gasteiger partial charge in [0.05, 0.1) is 26.3 Å². The summed E-state index contributed by atoms with van der Waals surface area (Å²) in [4.78, 5) is 17.8. The molecule has 0 radical (unpaired) electrons. The first-order valence-corrected chi connectivity index (χ1v) is 10.0. The topological polar surface area (TPSA) is 98.7 Å². The van der Waals surface area contributed by atoms with Gasteiger partial charge in [-0.2, -0.15) is 0 Å². The van der Waals surface area contributed by atoms with Crippen molar-refractivity contribution in [3.8, 4) is 0 Å². The molecule has 0 atom stereocenters. The van der Waals surface area contributed by atoms with Crippen LogP contribution in [0.1, 0.15) is 31.2 Å². The Labute approximate surface area is 170 Å². The van der Waals surface area contributed by atoms with Gasteiger partial charge in [0.1, 0.15) is 17.4 Å². The van der Waals surface area contributed by atoms with Gasteiger partial charge in [-0.05, 0) is 37.5 Å². The van der Waals surface area contributed by atoms with E-state index in [0.29, 0.717) is 22.8 Å². The van der Waals surface area contributed by atoms with Crippen molar-refractivity contribution in [2.75, 3.05) is 24.7 Å². The maximum atomic E-state index is 12.2. The molecule has 0 unspecified atom stereocenters. The van der Waals surface area contributed by atoms with Crippen LogP contribution in [0.5, 0.6) is 0 Å². The maximum Gasteiger partial charge on any atom is 0.223 e. The number of fused-ring (bicyclic) bond motifs is 1. The Kier molecular flexibility index (Phi) is 5.29. The Morgan fingerprint density at radius 1 is 1.07 bits per heavy atom. The Morgan fingerprint density at radius 2 is 1.86 bits per heavy atom.